The van der Waals surface area contributed by atoms with Gasteiger partial charge in [0.2, 0.25) is 10.0 Å². The van der Waals surface area contributed by atoms with Crippen LogP contribution in [0.2, 0.25) is 0 Å². The first-order valence-electron chi connectivity index (χ1n) is 9.36. The molecule has 1 unspecified atom stereocenters. The zero-order valence-corrected chi connectivity index (χ0v) is 15.8. The number of hydrogen-bond acceptors (Lipinski definition) is 5. The summed E-state index contributed by atoms with van der Waals surface area (Å²) in [6.45, 7) is 3.87. The topological polar surface area (TPSA) is 71.5 Å². The monoisotopic (exact) mass is 367 g/mol. The van der Waals surface area contributed by atoms with Crippen LogP contribution in [0.3, 0.4) is 0 Å². The Hall–Kier alpha value is -1.18. The molecule has 7 heteroatoms. The molecular weight excluding hydrogens is 338 g/mol. The molecule has 0 spiro atoms. The molecule has 1 aliphatic carbocycles. The van der Waals surface area contributed by atoms with E-state index in [2.05, 4.69) is 17.2 Å². The van der Waals surface area contributed by atoms with Crippen molar-refractivity contribution in [3.8, 4) is 0 Å². The van der Waals surface area contributed by atoms with E-state index in [-0.39, 0.29) is 4.90 Å². The molecule has 2 aliphatic rings. The molecule has 1 saturated heterocycles. The van der Waals surface area contributed by atoms with E-state index >= 15 is 0 Å². The van der Waals surface area contributed by atoms with Gasteiger partial charge < -0.3 is 10.1 Å². The first-order valence-corrected chi connectivity index (χ1v) is 10.8. The van der Waals surface area contributed by atoms with Crippen molar-refractivity contribution in [3.63, 3.8) is 0 Å². The fourth-order valence-corrected chi connectivity index (χ4v) is 5.02. The van der Waals surface area contributed by atoms with Crippen molar-refractivity contribution in [2.75, 3.05) is 31.6 Å². The van der Waals surface area contributed by atoms with Crippen LogP contribution < -0.4 is 5.32 Å². The van der Waals surface area contributed by atoms with Crippen LogP contribution in [0.25, 0.3) is 0 Å². The average molecular weight is 368 g/mol. The van der Waals surface area contributed by atoms with Gasteiger partial charge in [0.05, 0.1) is 13.2 Å². The fraction of sp³-hybridized carbons (Fsp3) is 0.722. The highest BCUT2D eigenvalue weighted by Gasteiger charge is 2.26. The molecule has 1 aromatic rings. The average Bonchev–Trinajstić information content (AvgIpc) is 3.15. The van der Waals surface area contributed by atoms with Crippen LogP contribution in [0.15, 0.2) is 23.2 Å². The van der Waals surface area contributed by atoms with Crippen LogP contribution in [0.1, 0.15) is 45.4 Å². The summed E-state index contributed by atoms with van der Waals surface area (Å²) in [6.07, 6.45) is 9.35. The Morgan fingerprint density at radius 1 is 1.28 bits per heavy atom. The van der Waals surface area contributed by atoms with Gasteiger partial charge in [-0.05, 0) is 37.8 Å². The lowest BCUT2D eigenvalue weighted by molar-refractivity contribution is 0.0730. The molecule has 1 atom stereocenters. The Balaban J connectivity index is 1.54. The Labute approximate surface area is 151 Å². The molecule has 6 nitrogen and oxygen atoms in total. The second-order valence-corrected chi connectivity index (χ2v) is 9.11. The number of rotatable bonds is 7. The van der Waals surface area contributed by atoms with Gasteiger partial charge in [0.15, 0.2) is 0 Å². The minimum atomic E-state index is -3.47. The number of sulfonamides is 1. The zero-order valence-electron chi connectivity index (χ0n) is 15.0. The van der Waals surface area contributed by atoms with Gasteiger partial charge in [-0.2, -0.15) is 4.31 Å². The van der Waals surface area contributed by atoms with Crippen molar-refractivity contribution >= 4 is 15.8 Å². The van der Waals surface area contributed by atoms with Crippen LogP contribution >= 0.6 is 0 Å². The van der Waals surface area contributed by atoms with E-state index < -0.39 is 10.0 Å². The van der Waals surface area contributed by atoms with Crippen molar-refractivity contribution in [1.82, 2.24) is 9.29 Å². The van der Waals surface area contributed by atoms with E-state index in [1.807, 2.05) is 0 Å². The molecule has 1 aliphatic heterocycles. The summed E-state index contributed by atoms with van der Waals surface area (Å²) in [5.41, 5.74) is 0. The van der Waals surface area contributed by atoms with Gasteiger partial charge >= 0.3 is 0 Å². The predicted octanol–water partition coefficient (Wildman–Crippen LogP) is 2.87. The number of hydrogen-bond donors (Lipinski definition) is 1. The third-order valence-electron chi connectivity index (χ3n) is 5.22. The molecule has 0 amide bonds. The van der Waals surface area contributed by atoms with E-state index in [1.165, 1.54) is 42.6 Å². The molecule has 25 heavy (non-hydrogen) atoms. The predicted molar refractivity (Wildman–Crippen MR) is 98.1 cm³/mol. The van der Waals surface area contributed by atoms with Gasteiger partial charge in [-0.1, -0.05) is 25.7 Å². The van der Waals surface area contributed by atoms with Crippen molar-refractivity contribution < 1.29 is 13.2 Å². The quantitative estimate of drug-likeness (QED) is 0.802. The number of anilines is 1. The Morgan fingerprint density at radius 3 is 2.64 bits per heavy atom. The molecule has 0 radical (unpaired) electrons. The molecule has 1 N–H and O–H groups in total. The summed E-state index contributed by atoms with van der Waals surface area (Å²) in [5.74, 6) is 1.62. The minimum absolute atomic E-state index is 0.249. The summed E-state index contributed by atoms with van der Waals surface area (Å²) >= 11 is 0. The molecule has 0 bridgehead atoms. The number of nitrogens with zero attached hydrogens (tertiary/aromatic N) is 2. The molecule has 2 heterocycles. The highest BCUT2D eigenvalue weighted by Crippen LogP contribution is 2.29. The van der Waals surface area contributed by atoms with Crippen LogP contribution in [0.4, 0.5) is 5.82 Å². The van der Waals surface area contributed by atoms with Gasteiger partial charge in [-0.15, -0.1) is 0 Å². The van der Waals surface area contributed by atoms with Gasteiger partial charge in [0.1, 0.15) is 10.7 Å². The second-order valence-electron chi connectivity index (χ2n) is 7.17. The summed E-state index contributed by atoms with van der Waals surface area (Å²) in [7, 11) is -3.47. The van der Waals surface area contributed by atoms with Crippen LogP contribution in [-0.2, 0) is 14.8 Å². The number of nitrogens with one attached hydrogen (secondary N) is 1. The number of morpholine rings is 1. The highest BCUT2D eigenvalue weighted by molar-refractivity contribution is 7.89. The third-order valence-corrected chi connectivity index (χ3v) is 7.10. The maximum absolute atomic E-state index is 12.6. The van der Waals surface area contributed by atoms with Crippen molar-refractivity contribution in [2.45, 2.75) is 56.4 Å². The third kappa shape index (κ3) is 4.92. The Kier molecular flexibility index (Phi) is 6.30. The van der Waals surface area contributed by atoms with Gasteiger partial charge in [0.25, 0.3) is 0 Å². The van der Waals surface area contributed by atoms with Gasteiger partial charge in [-0.25, -0.2) is 13.4 Å². The molecular formula is C18H29N3O3S. The van der Waals surface area contributed by atoms with E-state index in [0.29, 0.717) is 32.3 Å². The lowest BCUT2D eigenvalue weighted by atomic mass is 9.99. The van der Waals surface area contributed by atoms with Crippen LogP contribution in [0, 0.1) is 5.92 Å². The lowest BCUT2D eigenvalue weighted by Gasteiger charge is -2.26. The number of pyridine rings is 1. The van der Waals surface area contributed by atoms with E-state index in [4.69, 9.17) is 4.74 Å². The van der Waals surface area contributed by atoms with Gasteiger partial charge in [0, 0.05) is 25.3 Å². The summed E-state index contributed by atoms with van der Waals surface area (Å²) < 4.78 is 31.8. The Bertz CT molecular complexity index is 636. The summed E-state index contributed by atoms with van der Waals surface area (Å²) in [6, 6.07) is 3.75. The Morgan fingerprint density at radius 2 is 2.00 bits per heavy atom. The molecule has 0 aromatic carbocycles. The van der Waals surface area contributed by atoms with Crippen molar-refractivity contribution in [1.29, 1.82) is 0 Å². The summed E-state index contributed by atoms with van der Waals surface area (Å²) in [5, 5.41) is 3.38. The molecule has 1 aromatic heterocycles. The molecule has 2 fully saturated rings. The maximum Gasteiger partial charge on any atom is 0.244 e. The van der Waals surface area contributed by atoms with E-state index in [1.54, 1.807) is 12.1 Å². The van der Waals surface area contributed by atoms with E-state index in [9.17, 15) is 8.42 Å². The van der Waals surface area contributed by atoms with Crippen LogP contribution in [-0.4, -0.2) is 50.1 Å². The first kappa shape index (κ1) is 18.6. The lowest BCUT2D eigenvalue weighted by Crippen LogP contribution is -2.40. The largest absolute Gasteiger partial charge is 0.379 e. The zero-order chi connectivity index (χ0) is 17.7. The normalized spacial score (nSPS) is 21.3. The summed E-state index contributed by atoms with van der Waals surface area (Å²) in [4.78, 5) is 4.56. The van der Waals surface area contributed by atoms with Crippen molar-refractivity contribution in [2.24, 2.45) is 5.92 Å². The smallest absolute Gasteiger partial charge is 0.244 e. The standard InChI is InChI=1S/C18H29N3O3S/c1-15(6-7-16-4-2-3-5-16)20-18-9-8-17(14-19-18)25(22,23)21-10-12-24-13-11-21/h8-9,14-16H,2-7,10-13H2,1H3,(H,19,20). The van der Waals surface area contributed by atoms with E-state index in [0.717, 1.165) is 18.2 Å². The maximum atomic E-state index is 12.6. The molecule has 3 rings (SSSR count). The molecule has 1 saturated carbocycles. The van der Waals surface area contributed by atoms with Gasteiger partial charge in [-0.3, -0.25) is 0 Å². The molecule has 140 valence electrons. The fourth-order valence-electron chi connectivity index (χ4n) is 3.66. The minimum Gasteiger partial charge on any atom is -0.379 e. The second kappa shape index (κ2) is 8.47. The van der Waals surface area contributed by atoms with Crippen LogP contribution in [0.5, 0.6) is 0 Å². The first-order chi connectivity index (χ1) is 12.1. The SMILES string of the molecule is CC(CCC1CCCC1)Nc1ccc(S(=O)(=O)N2CCOCC2)cn1. The highest BCUT2D eigenvalue weighted by atomic mass is 32.2. The number of aromatic nitrogens is 1. The number of ether oxygens (including phenoxy) is 1. The van der Waals surface area contributed by atoms with Crippen molar-refractivity contribution in [3.05, 3.63) is 18.3 Å².